The number of hydrogen-bond donors (Lipinski definition) is 1. The summed E-state index contributed by atoms with van der Waals surface area (Å²) < 4.78 is 12.5. The Labute approximate surface area is 212 Å². The molecule has 3 aromatic rings. The first-order valence-corrected chi connectivity index (χ1v) is 13.7. The van der Waals surface area contributed by atoms with Crippen LogP contribution in [-0.4, -0.2) is 36.2 Å². The summed E-state index contributed by atoms with van der Waals surface area (Å²) in [5.74, 6) is 3.33. The molecular weight excluding hydrogens is 454 g/mol. The third-order valence-electron chi connectivity index (χ3n) is 6.88. The number of allylic oxidation sites excluding steroid dienone is 2. The lowest BCUT2D eigenvalue weighted by Gasteiger charge is -2.26. The lowest BCUT2D eigenvalue weighted by atomic mass is 10.0. The van der Waals surface area contributed by atoms with Crippen molar-refractivity contribution in [2.45, 2.75) is 44.8 Å². The number of piperidine rings is 1. The molecule has 0 aliphatic carbocycles. The van der Waals surface area contributed by atoms with Crippen molar-refractivity contribution >= 4 is 22.5 Å². The van der Waals surface area contributed by atoms with Crippen LogP contribution in [0.4, 0.5) is 0 Å². The van der Waals surface area contributed by atoms with E-state index in [1.165, 1.54) is 42.8 Å². The van der Waals surface area contributed by atoms with E-state index in [1.54, 1.807) is 12.1 Å². The average molecular weight is 490 g/mol. The minimum atomic E-state index is 0.265. The van der Waals surface area contributed by atoms with Gasteiger partial charge in [-0.1, -0.05) is 38.5 Å². The van der Waals surface area contributed by atoms with Gasteiger partial charge in [0.1, 0.15) is 29.6 Å². The highest BCUT2D eigenvalue weighted by molar-refractivity contribution is 8.03. The van der Waals surface area contributed by atoms with E-state index in [0.717, 1.165) is 41.0 Å². The van der Waals surface area contributed by atoms with Crippen molar-refractivity contribution in [3.05, 3.63) is 71.1 Å². The molecule has 0 amide bonds. The third-order valence-corrected chi connectivity index (χ3v) is 8.52. The van der Waals surface area contributed by atoms with E-state index in [-0.39, 0.29) is 5.75 Å². The number of rotatable bonds is 8. The van der Waals surface area contributed by atoms with E-state index in [9.17, 15) is 5.11 Å². The van der Waals surface area contributed by atoms with Gasteiger partial charge in [0.05, 0.1) is 0 Å². The number of aromatic hydroxyl groups is 1. The number of likely N-dealkylation sites (tertiary alicyclic amines) is 1. The highest BCUT2D eigenvalue weighted by Gasteiger charge is 2.25. The van der Waals surface area contributed by atoms with Gasteiger partial charge < -0.3 is 14.6 Å². The second-order valence-corrected chi connectivity index (χ2v) is 11.1. The number of hydrogen-bond acceptors (Lipinski definition) is 5. The van der Waals surface area contributed by atoms with Crippen molar-refractivity contribution < 1.29 is 14.6 Å². The van der Waals surface area contributed by atoms with Crippen LogP contribution in [0.1, 0.15) is 50.3 Å². The first-order chi connectivity index (χ1) is 17.1. The molecule has 184 valence electrons. The molecule has 2 heterocycles. The van der Waals surface area contributed by atoms with Gasteiger partial charge in [-0.05, 0) is 91.0 Å². The van der Waals surface area contributed by atoms with Gasteiger partial charge in [0.2, 0.25) is 0 Å². The van der Waals surface area contributed by atoms with E-state index in [1.807, 2.05) is 42.1 Å². The van der Waals surface area contributed by atoms with Gasteiger partial charge in [0.25, 0.3) is 0 Å². The third kappa shape index (κ3) is 5.79. The van der Waals surface area contributed by atoms with E-state index in [0.29, 0.717) is 17.8 Å². The highest BCUT2D eigenvalue weighted by atomic mass is 32.2. The number of phenolic OH excluding ortho intramolecular Hbond substituents is 1. The minimum Gasteiger partial charge on any atom is -0.508 e. The Morgan fingerprint density at radius 3 is 2.49 bits per heavy atom. The minimum absolute atomic E-state index is 0.265. The summed E-state index contributed by atoms with van der Waals surface area (Å²) >= 11 is 1.94. The van der Waals surface area contributed by atoms with E-state index < -0.39 is 0 Å². The maximum absolute atomic E-state index is 10.0. The van der Waals surface area contributed by atoms with Crippen molar-refractivity contribution in [3.8, 4) is 23.0 Å². The summed E-state index contributed by atoms with van der Waals surface area (Å²) in [6.07, 6.45) is 7.32. The molecule has 1 fully saturated rings. The molecule has 5 heteroatoms. The van der Waals surface area contributed by atoms with E-state index >= 15 is 0 Å². The molecular formula is C30H35NO3S. The number of ether oxygens (including phenoxy) is 2. The molecule has 1 unspecified atom stereocenters. The van der Waals surface area contributed by atoms with Crippen LogP contribution in [0, 0.1) is 5.92 Å². The predicted molar refractivity (Wildman–Crippen MR) is 146 cm³/mol. The van der Waals surface area contributed by atoms with Gasteiger partial charge in [-0.3, -0.25) is 4.90 Å². The molecule has 0 spiro atoms. The van der Waals surface area contributed by atoms with Crippen LogP contribution in [0.25, 0.3) is 10.8 Å². The fraction of sp³-hybridized carbons (Fsp3) is 0.400. The van der Waals surface area contributed by atoms with Crippen LogP contribution in [0.3, 0.4) is 0 Å². The van der Waals surface area contributed by atoms with Gasteiger partial charge >= 0.3 is 0 Å². The van der Waals surface area contributed by atoms with E-state index in [4.69, 9.17) is 9.47 Å². The SMILES string of the molecule is CC(C)C1=CCC(c2ccc3cc(O)ccc3c2Oc2ccc(OCCN3CCCCC3)cc2)S1. The molecule has 1 atom stereocenters. The number of nitrogens with zero attached hydrogens (tertiary/aromatic N) is 1. The van der Waals surface area contributed by atoms with Crippen molar-refractivity contribution in [3.63, 3.8) is 0 Å². The summed E-state index contributed by atoms with van der Waals surface area (Å²) in [7, 11) is 0. The number of thioether (sulfide) groups is 1. The van der Waals surface area contributed by atoms with E-state index in [2.05, 4.69) is 37.0 Å². The first-order valence-electron chi connectivity index (χ1n) is 12.8. The molecule has 5 rings (SSSR count). The molecule has 0 bridgehead atoms. The number of fused-ring (bicyclic) bond motifs is 1. The van der Waals surface area contributed by atoms with Crippen LogP contribution >= 0.6 is 11.8 Å². The van der Waals surface area contributed by atoms with Crippen LogP contribution in [0.5, 0.6) is 23.0 Å². The van der Waals surface area contributed by atoms with Gasteiger partial charge in [-0.15, -0.1) is 11.8 Å². The molecule has 4 nitrogen and oxygen atoms in total. The van der Waals surface area contributed by atoms with Gasteiger partial charge in [0.15, 0.2) is 0 Å². The monoisotopic (exact) mass is 489 g/mol. The van der Waals surface area contributed by atoms with Gasteiger partial charge in [-0.25, -0.2) is 0 Å². The Bertz CT molecular complexity index is 1180. The molecule has 2 aliphatic heterocycles. The van der Waals surface area contributed by atoms with Crippen LogP contribution in [0.15, 0.2) is 65.6 Å². The van der Waals surface area contributed by atoms with Crippen LogP contribution in [0.2, 0.25) is 0 Å². The Morgan fingerprint density at radius 2 is 1.74 bits per heavy atom. The quantitative estimate of drug-likeness (QED) is 0.348. The molecule has 1 saturated heterocycles. The fourth-order valence-corrected chi connectivity index (χ4v) is 6.21. The summed E-state index contributed by atoms with van der Waals surface area (Å²) in [4.78, 5) is 3.93. The number of phenols is 1. The highest BCUT2D eigenvalue weighted by Crippen LogP contribution is 2.51. The maximum Gasteiger partial charge on any atom is 0.139 e. The Morgan fingerprint density at radius 1 is 0.971 bits per heavy atom. The molecule has 3 aromatic carbocycles. The van der Waals surface area contributed by atoms with Crippen molar-refractivity contribution in [2.75, 3.05) is 26.2 Å². The summed E-state index contributed by atoms with van der Waals surface area (Å²) in [5.41, 5.74) is 1.20. The average Bonchev–Trinajstić information content (AvgIpc) is 3.36. The Kier molecular flexibility index (Phi) is 7.54. The zero-order valence-electron chi connectivity index (χ0n) is 20.7. The number of benzene rings is 3. The Balaban J connectivity index is 1.33. The zero-order valence-corrected chi connectivity index (χ0v) is 21.5. The summed E-state index contributed by atoms with van der Waals surface area (Å²) in [5, 5.41) is 12.3. The molecule has 0 saturated carbocycles. The van der Waals surface area contributed by atoms with Crippen molar-refractivity contribution in [2.24, 2.45) is 5.92 Å². The largest absolute Gasteiger partial charge is 0.508 e. The maximum atomic E-state index is 10.0. The van der Waals surface area contributed by atoms with Crippen molar-refractivity contribution in [1.82, 2.24) is 4.90 Å². The molecule has 1 N–H and O–H groups in total. The van der Waals surface area contributed by atoms with Gasteiger partial charge in [-0.2, -0.15) is 0 Å². The lowest BCUT2D eigenvalue weighted by molar-refractivity contribution is 0.183. The normalized spacial score (nSPS) is 18.7. The second-order valence-electron chi connectivity index (χ2n) is 9.82. The fourth-order valence-electron chi connectivity index (χ4n) is 4.92. The zero-order chi connectivity index (χ0) is 24.2. The summed E-state index contributed by atoms with van der Waals surface area (Å²) in [6, 6.07) is 17.7. The lowest BCUT2D eigenvalue weighted by Crippen LogP contribution is -2.33. The summed E-state index contributed by atoms with van der Waals surface area (Å²) in [6.45, 7) is 8.57. The second kappa shape index (κ2) is 11.0. The topological polar surface area (TPSA) is 41.9 Å². The molecule has 2 aliphatic rings. The molecule has 0 radical (unpaired) electrons. The predicted octanol–water partition coefficient (Wildman–Crippen LogP) is 7.92. The first kappa shape index (κ1) is 24.1. The standard InChI is InChI=1S/C30H35NO3S/c1-21(2)28-14-15-29(35-28)27-12-6-22-20-23(32)7-13-26(22)30(27)34-25-10-8-24(9-11-25)33-19-18-31-16-4-3-5-17-31/h6-14,20-21,29,32H,3-5,15-19H2,1-2H3. The van der Waals surface area contributed by atoms with Crippen LogP contribution in [-0.2, 0) is 0 Å². The van der Waals surface area contributed by atoms with Crippen LogP contribution < -0.4 is 9.47 Å². The Hall–Kier alpha value is -2.63. The van der Waals surface area contributed by atoms with Crippen molar-refractivity contribution in [1.29, 1.82) is 0 Å². The molecule has 35 heavy (non-hydrogen) atoms. The molecule has 0 aromatic heterocycles. The van der Waals surface area contributed by atoms with Gasteiger partial charge in [0, 0.05) is 22.7 Å². The smallest absolute Gasteiger partial charge is 0.139 e.